The largest absolute Gasteiger partial charge is 0.489 e. The molecule has 0 aliphatic heterocycles. The second-order valence-electron chi connectivity index (χ2n) is 3.48. The number of hydrogen-bond acceptors (Lipinski definition) is 1. The first-order valence-electron chi connectivity index (χ1n) is 4.97. The fraction of sp³-hybridized carbons (Fsp3) is 0.0769. The molecule has 0 radical (unpaired) electrons. The van der Waals surface area contributed by atoms with Gasteiger partial charge in [-0.1, -0.05) is 17.7 Å². The lowest BCUT2D eigenvalue weighted by molar-refractivity contribution is 0.299. The molecule has 2 aromatic rings. The van der Waals surface area contributed by atoms with Gasteiger partial charge in [-0.25, -0.2) is 8.78 Å². The van der Waals surface area contributed by atoms with E-state index in [9.17, 15) is 8.78 Å². The molecule has 0 unspecified atom stereocenters. The molecule has 0 bridgehead atoms. The third-order valence-electron chi connectivity index (χ3n) is 2.22. The van der Waals surface area contributed by atoms with Gasteiger partial charge in [0.15, 0.2) is 0 Å². The Bertz CT molecular complexity index is 511. The van der Waals surface area contributed by atoms with Crippen LogP contribution in [0.5, 0.6) is 5.75 Å². The van der Waals surface area contributed by atoms with E-state index >= 15 is 0 Å². The molecule has 0 aromatic heterocycles. The lowest BCUT2D eigenvalue weighted by Crippen LogP contribution is -1.98. The van der Waals surface area contributed by atoms with Crippen molar-refractivity contribution in [3.63, 3.8) is 0 Å². The van der Waals surface area contributed by atoms with Crippen molar-refractivity contribution in [3.8, 4) is 5.75 Å². The third-order valence-corrected chi connectivity index (χ3v) is 2.46. The van der Waals surface area contributed by atoms with Crippen LogP contribution in [0.25, 0.3) is 0 Å². The fourth-order valence-electron chi connectivity index (χ4n) is 1.33. The van der Waals surface area contributed by atoms with E-state index in [2.05, 4.69) is 0 Å². The average Bonchev–Trinajstić information content (AvgIpc) is 2.30. The van der Waals surface area contributed by atoms with Gasteiger partial charge in [0.2, 0.25) is 0 Å². The number of benzene rings is 2. The van der Waals surface area contributed by atoms with Crippen molar-refractivity contribution in [2.24, 2.45) is 0 Å². The first-order chi connectivity index (χ1) is 8.15. The molecule has 0 fully saturated rings. The molecular formula is C13H9ClF2O. The number of hydrogen-bond donors (Lipinski definition) is 0. The summed E-state index contributed by atoms with van der Waals surface area (Å²) in [5, 5.41) is 0.341. The summed E-state index contributed by atoms with van der Waals surface area (Å²) in [6, 6.07) is 9.92. The summed E-state index contributed by atoms with van der Waals surface area (Å²) in [6.45, 7) is 0.0780. The summed E-state index contributed by atoms with van der Waals surface area (Å²) in [5.74, 6) is -0.268. The summed E-state index contributed by atoms with van der Waals surface area (Å²) < 4.78 is 31.3. The summed E-state index contributed by atoms with van der Waals surface area (Å²) in [5.41, 5.74) is 0.402. The van der Waals surface area contributed by atoms with E-state index in [0.717, 1.165) is 0 Å². The quantitative estimate of drug-likeness (QED) is 0.798. The predicted octanol–water partition coefficient (Wildman–Crippen LogP) is 4.20. The van der Waals surface area contributed by atoms with E-state index in [1.807, 2.05) is 0 Å². The monoisotopic (exact) mass is 254 g/mol. The Hall–Kier alpha value is -1.61. The maximum atomic E-state index is 13.4. The molecule has 88 valence electrons. The van der Waals surface area contributed by atoms with Gasteiger partial charge < -0.3 is 4.74 Å². The molecule has 0 saturated heterocycles. The molecule has 0 spiro atoms. The zero-order chi connectivity index (χ0) is 12.3. The highest BCUT2D eigenvalue weighted by Gasteiger charge is 2.03. The Labute approximate surface area is 103 Å². The molecule has 0 N–H and O–H groups in total. The second kappa shape index (κ2) is 5.15. The molecule has 0 atom stereocenters. The summed E-state index contributed by atoms with van der Waals surface area (Å²) in [7, 11) is 0. The van der Waals surface area contributed by atoms with Crippen LogP contribution >= 0.6 is 11.6 Å². The van der Waals surface area contributed by atoms with Gasteiger partial charge in [-0.2, -0.15) is 0 Å². The minimum absolute atomic E-state index is 0.0780. The van der Waals surface area contributed by atoms with E-state index in [4.69, 9.17) is 16.3 Å². The fourth-order valence-corrected chi connectivity index (χ4v) is 1.49. The van der Waals surface area contributed by atoms with Crippen molar-refractivity contribution >= 4 is 11.6 Å². The highest BCUT2D eigenvalue weighted by Crippen LogP contribution is 2.17. The van der Waals surface area contributed by atoms with Crippen LogP contribution in [-0.2, 0) is 6.61 Å². The van der Waals surface area contributed by atoms with E-state index < -0.39 is 5.82 Å². The van der Waals surface area contributed by atoms with Crippen LogP contribution in [0.2, 0.25) is 5.02 Å². The second-order valence-corrected chi connectivity index (χ2v) is 3.91. The summed E-state index contributed by atoms with van der Waals surface area (Å²) in [4.78, 5) is 0. The normalized spacial score (nSPS) is 10.3. The Morgan fingerprint density at radius 2 is 1.71 bits per heavy atom. The molecule has 0 amide bonds. The molecule has 0 saturated carbocycles. The van der Waals surface area contributed by atoms with Crippen LogP contribution in [0.3, 0.4) is 0 Å². The first-order valence-corrected chi connectivity index (χ1v) is 5.35. The van der Waals surface area contributed by atoms with Gasteiger partial charge in [-0.05, 0) is 36.4 Å². The summed E-state index contributed by atoms with van der Waals surface area (Å²) >= 11 is 5.63. The lowest BCUT2D eigenvalue weighted by atomic mass is 10.2. The maximum absolute atomic E-state index is 13.4. The molecule has 4 heteroatoms. The van der Waals surface area contributed by atoms with Crippen LogP contribution in [0.1, 0.15) is 5.56 Å². The molecular weight excluding hydrogens is 246 g/mol. The summed E-state index contributed by atoms with van der Waals surface area (Å²) in [6.07, 6.45) is 0. The first kappa shape index (κ1) is 11.9. The highest BCUT2D eigenvalue weighted by atomic mass is 35.5. The van der Waals surface area contributed by atoms with Gasteiger partial charge in [0.05, 0.1) is 0 Å². The topological polar surface area (TPSA) is 9.23 Å². The van der Waals surface area contributed by atoms with Crippen molar-refractivity contribution in [2.75, 3.05) is 0 Å². The van der Waals surface area contributed by atoms with Crippen molar-refractivity contribution in [1.82, 2.24) is 0 Å². The SMILES string of the molecule is Fc1ccc(OCc2ccc(Cl)cc2F)cc1. The van der Waals surface area contributed by atoms with E-state index in [0.29, 0.717) is 16.3 Å². The zero-order valence-electron chi connectivity index (χ0n) is 8.79. The van der Waals surface area contributed by atoms with Crippen LogP contribution < -0.4 is 4.74 Å². The van der Waals surface area contributed by atoms with Gasteiger partial charge in [0.1, 0.15) is 24.0 Å². The minimum Gasteiger partial charge on any atom is -0.489 e. The van der Waals surface area contributed by atoms with Crippen LogP contribution in [0, 0.1) is 11.6 Å². The average molecular weight is 255 g/mol. The maximum Gasteiger partial charge on any atom is 0.131 e. The molecule has 2 aromatic carbocycles. The highest BCUT2D eigenvalue weighted by molar-refractivity contribution is 6.30. The minimum atomic E-state index is -0.417. The number of ether oxygens (including phenoxy) is 1. The van der Waals surface area contributed by atoms with Crippen molar-refractivity contribution in [3.05, 3.63) is 64.7 Å². The van der Waals surface area contributed by atoms with E-state index in [-0.39, 0.29) is 12.4 Å². The Kier molecular flexibility index (Phi) is 3.59. The predicted molar refractivity (Wildman–Crippen MR) is 62.1 cm³/mol. The molecule has 1 nitrogen and oxygen atoms in total. The Balaban J connectivity index is 2.04. The lowest BCUT2D eigenvalue weighted by Gasteiger charge is -2.07. The number of halogens is 3. The van der Waals surface area contributed by atoms with Crippen LogP contribution in [0.4, 0.5) is 8.78 Å². The van der Waals surface area contributed by atoms with Gasteiger partial charge >= 0.3 is 0 Å². The molecule has 0 aliphatic carbocycles. The number of rotatable bonds is 3. The van der Waals surface area contributed by atoms with Crippen molar-refractivity contribution in [2.45, 2.75) is 6.61 Å². The standard InChI is InChI=1S/C13H9ClF2O/c14-10-2-1-9(13(16)7-10)8-17-12-5-3-11(15)4-6-12/h1-7H,8H2. The molecule has 0 heterocycles. The third kappa shape index (κ3) is 3.17. The van der Waals surface area contributed by atoms with Gasteiger partial charge in [-0.15, -0.1) is 0 Å². The molecule has 2 rings (SSSR count). The Morgan fingerprint density at radius 1 is 1.00 bits per heavy atom. The van der Waals surface area contributed by atoms with E-state index in [1.54, 1.807) is 12.1 Å². The van der Waals surface area contributed by atoms with Crippen molar-refractivity contribution < 1.29 is 13.5 Å². The van der Waals surface area contributed by atoms with Gasteiger partial charge in [0.25, 0.3) is 0 Å². The zero-order valence-corrected chi connectivity index (χ0v) is 9.55. The van der Waals surface area contributed by atoms with E-state index in [1.165, 1.54) is 30.3 Å². The molecule has 17 heavy (non-hydrogen) atoms. The van der Waals surface area contributed by atoms with Gasteiger partial charge in [0, 0.05) is 10.6 Å². The van der Waals surface area contributed by atoms with Gasteiger partial charge in [-0.3, -0.25) is 0 Å². The smallest absolute Gasteiger partial charge is 0.131 e. The van der Waals surface area contributed by atoms with Crippen LogP contribution in [0.15, 0.2) is 42.5 Å². The molecule has 0 aliphatic rings. The van der Waals surface area contributed by atoms with Crippen molar-refractivity contribution in [1.29, 1.82) is 0 Å². The van der Waals surface area contributed by atoms with Crippen LogP contribution in [-0.4, -0.2) is 0 Å². The Morgan fingerprint density at radius 3 is 2.35 bits per heavy atom.